The average molecular weight is 312 g/mol. The molecule has 0 bridgehead atoms. The van der Waals surface area contributed by atoms with Gasteiger partial charge >= 0.3 is 6.18 Å². The molecule has 3 rings (SSSR count). The topological polar surface area (TPSA) is 43.6 Å². The Morgan fingerprint density at radius 2 is 2.14 bits per heavy atom. The predicted molar refractivity (Wildman–Crippen MR) is 73.3 cm³/mol. The summed E-state index contributed by atoms with van der Waals surface area (Å²) in [5, 5.41) is 4.21. The van der Waals surface area contributed by atoms with Crippen molar-refractivity contribution in [3.8, 4) is 5.75 Å². The van der Waals surface area contributed by atoms with Crippen molar-refractivity contribution in [3.05, 3.63) is 29.6 Å². The van der Waals surface area contributed by atoms with E-state index in [2.05, 4.69) is 5.10 Å². The molecule has 0 unspecified atom stereocenters. The molecule has 4 nitrogen and oxygen atoms in total. The van der Waals surface area contributed by atoms with Gasteiger partial charge in [0.05, 0.1) is 36.0 Å². The van der Waals surface area contributed by atoms with Crippen molar-refractivity contribution >= 4 is 11.3 Å². The lowest BCUT2D eigenvalue weighted by Crippen LogP contribution is -2.14. The molecule has 0 radical (unpaired) electrons. The Morgan fingerprint density at radius 1 is 1.41 bits per heavy atom. The molecule has 1 aliphatic rings. The molecule has 0 atom stereocenters. The molecule has 0 N–H and O–H groups in total. The van der Waals surface area contributed by atoms with Crippen LogP contribution in [0.25, 0.3) is 5.52 Å². The Labute approximate surface area is 124 Å². The molecule has 0 aromatic carbocycles. The number of hydrogen-bond donors (Lipinski definition) is 0. The number of pyridine rings is 1. The van der Waals surface area contributed by atoms with Gasteiger partial charge in [-0.2, -0.15) is 18.3 Å². The molecule has 22 heavy (non-hydrogen) atoms. The van der Waals surface area contributed by atoms with E-state index < -0.39 is 19.2 Å². The molecule has 0 aliphatic heterocycles. The largest absolute Gasteiger partial charge is 0.491 e. The van der Waals surface area contributed by atoms with Gasteiger partial charge in [0.15, 0.2) is 5.78 Å². The normalized spacial score (nSPS) is 15.3. The van der Waals surface area contributed by atoms with Crippen LogP contribution in [0.15, 0.2) is 18.3 Å². The van der Waals surface area contributed by atoms with Crippen molar-refractivity contribution in [2.24, 2.45) is 0 Å². The van der Waals surface area contributed by atoms with Crippen LogP contribution in [0.1, 0.15) is 48.2 Å². The van der Waals surface area contributed by atoms with Gasteiger partial charge in [-0.1, -0.05) is 0 Å². The second kappa shape index (κ2) is 5.30. The molecule has 2 aromatic rings. The van der Waals surface area contributed by atoms with Crippen LogP contribution in [0.3, 0.4) is 0 Å². The molecule has 1 aliphatic carbocycles. The summed E-state index contributed by atoms with van der Waals surface area (Å²) >= 11 is 0. The lowest BCUT2D eigenvalue weighted by molar-refractivity contribution is -0.139. The van der Waals surface area contributed by atoms with Crippen LogP contribution in [0.5, 0.6) is 5.75 Å². The van der Waals surface area contributed by atoms with E-state index in [1.54, 1.807) is 16.6 Å². The zero-order chi connectivity index (χ0) is 15.9. The molecule has 0 spiro atoms. The van der Waals surface area contributed by atoms with Crippen molar-refractivity contribution in [1.82, 2.24) is 9.61 Å². The van der Waals surface area contributed by atoms with Crippen molar-refractivity contribution in [2.75, 3.05) is 6.61 Å². The summed E-state index contributed by atoms with van der Waals surface area (Å²) in [6.07, 6.45) is -1.85. The molecule has 0 saturated heterocycles. The van der Waals surface area contributed by atoms with E-state index in [1.807, 2.05) is 0 Å². The Balaban J connectivity index is 1.93. The molecular formula is C15H15F3N2O2. The van der Waals surface area contributed by atoms with Gasteiger partial charge in [-0.15, -0.1) is 0 Å². The third-order valence-electron chi connectivity index (χ3n) is 3.67. The summed E-state index contributed by atoms with van der Waals surface area (Å²) in [5.41, 5.74) is 1.92. The Hall–Kier alpha value is -2.05. The lowest BCUT2D eigenvalue weighted by Gasteiger charge is -2.13. The number of aromatic nitrogens is 2. The molecule has 7 heteroatoms. The summed E-state index contributed by atoms with van der Waals surface area (Å²) in [6.45, 7) is 1.04. The fraction of sp³-hybridized carbons (Fsp3) is 0.467. The van der Waals surface area contributed by atoms with E-state index in [9.17, 15) is 18.0 Å². The van der Waals surface area contributed by atoms with Crippen LogP contribution in [-0.4, -0.2) is 28.2 Å². The number of carbonyl (C=O) groups is 1. The molecule has 2 heterocycles. The second-order valence-corrected chi connectivity index (χ2v) is 5.48. The highest BCUT2D eigenvalue weighted by molar-refractivity contribution is 6.00. The van der Waals surface area contributed by atoms with Crippen molar-refractivity contribution in [2.45, 2.75) is 38.3 Å². The van der Waals surface area contributed by atoms with Crippen LogP contribution in [0.4, 0.5) is 13.2 Å². The van der Waals surface area contributed by atoms with Crippen LogP contribution in [0.2, 0.25) is 0 Å². The minimum atomic E-state index is -4.24. The van der Waals surface area contributed by atoms with E-state index in [-0.39, 0.29) is 11.7 Å². The maximum absolute atomic E-state index is 12.2. The second-order valence-electron chi connectivity index (χ2n) is 5.48. The van der Waals surface area contributed by atoms with Gasteiger partial charge < -0.3 is 4.74 Å². The summed E-state index contributed by atoms with van der Waals surface area (Å²) in [7, 11) is 0. The van der Waals surface area contributed by atoms with Crippen molar-refractivity contribution in [3.63, 3.8) is 0 Å². The van der Waals surface area contributed by atoms with Crippen LogP contribution < -0.4 is 4.74 Å². The van der Waals surface area contributed by atoms with E-state index in [0.717, 1.165) is 18.5 Å². The summed E-state index contributed by atoms with van der Waals surface area (Å²) in [4.78, 5) is 11.6. The van der Waals surface area contributed by atoms with Gasteiger partial charge in [-0.3, -0.25) is 4.79 Å². The highest BCUT2D eigenvalue weighted by atomic mass is 19.4. The monoisotopic (exact) mass is 312 g/mol. The van der Waals surface area contributed by atoms with E-state index in [1.165, 1.54) is 13.1 Å². The number of Topliss-reactive ketones (excluding diaryl/α,β-unsaturated/α-hetero) is 1. The Morgan fingerprint density at radius 3 is 2.73 bits per heavy atom. The predicted octanol–water partition coefficient (Wildman–Crippen LogP) is 3.75. The fourth-order valence-electron chi connectivity index (χ4n) is 2.46. The molecule has 1 fully saturated rings. The van der Waals surface area contributed by atoms with E-state index in [4.69, 9.17) is 4.74 Å². The van der Waals surface area contributed by atoms with Crippen molar-refractivity contribution in [1.29, 1.82) is 0 Å². The van der Waals surface area contributed by atoms with Gasteiger partial charge in [0, 0.05) is 5.92 Å². The number of ketones is 1. The van der Waals surface area contributed by atoms with Crippen LogP contribution in [0, 0.1) is 0 Å². The van der Waals surface area contributed by atoms with Gasteiger partial charge in [0.25, 0.3) is 0 Å². The minimum Gasteiger partial charge on any atom is -0.491 e. The summed E-state index contributed by atoms with van der Waals surface area (Å²) in [6, 6.07) is 3.30. The molecular weight excluding hydrogens is 297 g/mol. The standard InChI is InChI=1S/C15H15F3N2O2/c1-9(21)11-8-19-20-12(11)4-5-13(14(20)10-2-3-10)22-7-6-15(16,17)18/h4-5,8,10H,2-3,6-7H2,1H3. The Bertz CT molecular complexity index is 717. The number of hydrogen-bond acceptors (Lipinski definition) is 3. The lowest BCUT2D eigenvalue weighted by atomic mass is 10.1. The minimum absolute atomic E-state index is 0.0949. The average Bonchev–Trinajstić information content (AvgIpc) is 3.14. The summed E-state index contributed by atoms with van der Waals surface area (Å²) < 4.78 is 43.7. The molecule has 2 aromatic heterocycles. The number of nitrogens with zero attached hydrogens (tertiary/aromatic N) is 2. The van der Waals surface area contributed by atoms with Gasteiger partial charge in [0.1, 0.15) is 5.75 Å². The van der Waals surface area contributed by atoms with Crippen LogP contribution >= 0.6 is 0 Å². The number of alkyl halides is 3. The third-order valence-corrected chi connectivity index (χ3v) is 3.67. The quantitative estimate of drug-likeness (QED) is 0.790. The number of ether oxygens (including phenoxy) is 1. The van der Waals surface area contributed by atoms with Crippen LogP contribution in [-0.2, 0) is 0 Å². The number of rotatable bonds is 5. The van der Waals surface area contributed by atoms with Crippen molar-refractivity contribution < 1.29 is 22.7 Å². The summed E-state index contributed by atoms with van der Waals surface area (Å²) in [5.74, 6) is 0.546. The Kier molecular flexibility index (Phi) is 3.58. The smallest absolute Gasteiger partial charge is 0.392 e. The first-order valence-electron chi connectivity index (χ1n) is 7.08. The van der Waals surface area contributed by atoms with Gasteiger partial charge in [0.2, 0.25) is 0 Å². The number of carbonyl (C=O) groups excluding carboxylic acids is 1. The maximum atomic E-state index is 12.2. The molecule has 118 valence electrons. The fourth-order valence-corrected chi connectivity index (χ4v) is 2.46. The maximum Gasteiger partial charge on any atom is 0.392 e. The highest BCUT2D eigenvalue weighted by Crippen LogP contribution is 2.44. The van der Waals surface area contributed by atoms with Gasteiger partial charge in [-0.25, -0.2) is 4.52 Å². The number of fused-ring (bicyclic) bond motifs is 1. The zero-order valence-electron chi connectivity index (χ0n) is 12.0. The first kappa shape index (κ1) is 14.9. The van der Waals surface area contributed by atoms with E-state index >= 15 is 0 Å². The first-order chi connectivity index (χ1) is 10.4. The number of halogens is 3. The van der Waals surface area contributed by atoms with Gasteiger partial charge in [-0.05, 0) is 31.9 Å². The highest BCUT2D eigenvalue weighted by Gasteiger charge is 2.32. The SMILES string of the molecule is CC(=O)c1cnn2c(C3CC3)c(OCCC(F)(F)F)ccc12. The molecule has 0 amide bonds. The van der Waals surface area contributed by atoms with E-state index in [0.29, 0.717) is 16.8 Å². The first-order valence-corrected chi connectivity index (χ1v) is 7.08. The zero-order valence-corrected chi connectivity index (χ0v) is 12.0. The molecule has 1 saturated carbocycles. The third kappa shape index (κ3) is 2.93.